The number of carbonyl (C=O) groups is 1. The molecule has 1 aromatic rings. The van der Waals surface area contributed by atoms with Gasteiger partial charge in [-0.1, -0.05) is 25.1 Å². The molecule has 0 amide bonds. The quantitative estimate of drug-likeness (QED) is 0.819. The van der Waals surface area contributed by atoms with E-state index in [9.17, 15) is 4.79 Å². The molecule has 1 N–H and O–H groups in total. The van der Waals surface area contributed by atoms with Crippen LogP contribution in [0.1, 0.15) is 39.5 Å². The molecule has 0 saturated heterocycles. The number of nitrogens with one attached hydrogen (secondary N) is 1. The van der Waals surface area contributed by atoms with Crippen molar-refractivity contribution in [3.8, 4) is 5.75 Å². The Bertz CT molecular complexity index is 445. The van der Waals surface area contributed by atoms with Gasteiger partial charge in [0.1, 0.15) is 17.4 Å². The van der Waals surface area contributed by atoms with Gasteiger partial charge in [0.05, 0.1) is 6.61 Å². The highest BCUT2D eigenvalue weighted by Gasteiger charge is 2.44. The Labute approximate surface area is 126 Å². The molecule has 0 aliphatic heterocycles. The number of likely N-dealkylation sites (N-methyl/N-ethyl adjacent to an activating group) is 1. The Morgan fingerprint density at radius 2 is 2.10 bits per heavy atom. The maximum Gasteiger partial charge on any atom is 0.326 e. The van der Waals surface area contributed by atoms with Crippen molar-refractivity contribution in [3.63, 3.8) is 0 Å². The zero-order valence-corrected chi connectivity index (χ0v) is 12.9. The zero-order valence-electron chi connectivity index (χ0n) is 12.9. The van der Waals surface area contributed by atoms with Crippen LogP contribution in [0.25, 0.3) is 0 Å². The van der Waals surface area contributed by atoms with Crippen LogP contribution in [0.4, 0.5) is 0 Å². The number of ether oxygens (including phenoxy) is 2. The van der Waals surface area contributed by atoms with E-state index < -0.39 is 5.54 Å². The minimum absolute atomic E-state index is 0.0459. The predicted molar refractivity (Wildman–Crippen MR) is 82.4 cm³/mol. The fraction of sp³-hybridized carbons (Fsp3) is 0.588. The molecule has 2 unspecified atom stereocenters. The molecule has 1 saturated carbocycles. The van der Waals surface area contributed by atoms with E-state index in [2.05, 4.69) is 5.32 Å². The van der Waals surface area contributed by atoms with E-state index in [0.717, 1.165) is 31.6 Å². The molecule has 0 radical (unpaired) electrons. The van der Waals surface area contributed by atoms with Crippen LogP contribution < -0.4 is 10.1 Å². The van der Waals surface area contributed by atoms with Gasteiger partial charge in [-0.2, -0.15) is 0 Å². The molecule has 1 aromatic carbocycles. The number of hydrogen-bond acceptors (Lipinski definition) is 4. The van der Waals surface area contributed by atoms with Gasteiger partial charge in [-0.3, -0.25) is 4.79 Å². The monoisotopic (exact) mass is 291 g/mol. The fourth-order valence-electron chi connectivity index (χ4n) is 3.04. The number of hydrogen-bond donors (Lipinski definition) is 1. The highest BCUT2D eigenvalue weighted by atomic mass is 16.5. The van der Waals surface area contributed by atoms with Gasteiger partial charge in [0.25, 0.3) is 0 Å². The summed E-state index contributed by atoms with van der Waals surface area (Å²) in [6.45, 7) is 5.02. The molecular weight excluding hydrogens is 266 g/mol. The van der Waals surface area contributed by atoms with Gasteiger partial charge in [-0.05, 0) is 44.9 Å². The molecular formula is C17H25NO3. The Morgan fingerprint density at radius 3 is 2.76 bits per heavy atom. The molecule has 21 heavy (non-hydrogen) atoms. The van der Waals surface area contributed by atoms with Crippen molar-refractivity contribution in [2.45, 2.75) is 51.2 Å². The van der Waals surface area contributed by atoms with Crippen LogP contribution in [0.2, 0.25) is 0 Å². The van der Waals surface area contributed by atoms with E-state index >= 15 is 0 Å². The normalized spacial score (nSPS) is 25.3. The molecule has 4 heteroatoms. The summed E-state index contributed by atoms with van der Waals surface area (Å²) in [6.07, 6.45) is 3.46. The Morgan fingerprint density at radius 1 is 1.33 bits per heavy atom. The van der Waals surface area contributed by atoms with Gasteiger partial charge in [-0.25, -0.2) is 0 Å². The number of rotatable bonds is 6. The van der Waals surface area contributed by atoms with Gasteiger partial charge in [0.15, 0.2) is 0 Å². The third-order valence-electron chi connectivity index (χ3n) is 3.93. The minimum atomic E-state index is -0.595. The lowest BCUT2D eigenvalue weighted by Gasteiger charge is -2.39. The van der Waals surface area contributed by atoms with Crippen molar-refractivity contribution in [2.24, 2.45) is 0 Å². The van der Waals surface area contributed by atoms with Gasteiger partial charge < -0.3 is 14.8 Å². The Kier molecular flexibility index (Phi) is 5.62. The second kappa shape index (κ2) is 7.46. The second-order valence-electron chi connectivity index (χ2n) is 5.48. The van der Waals surface area contributed by atoms with Crippen molar-refractivity contribution >= 4 is 5.97 Å². The SMILES string of the molecule is CCNC1(C(=O)OCC)CCCC(Oc2ccccc2)C1. The van der Waals surface area contributed by atoms with Crippen LogP contribution in [-0.2, 0) is 9.53 Å². The predicted octanol–water partition coefficient (Wildman–Crippen LogP) is 2.92. The maximum atomic E-state index is 12.4. The van der Waals surface area contributed by atoms with Crippen molar-refractivity contribution < 1.29 is 14.3 Å². The van der Waals surface area contributed by atoms with Gasteiger partial charge in [-0.15, -0.1) is 0 Å². The summed E-state index contributed by atoms with van der Waals surface area (Å²) >= 11 is 0. The van der Waals surface area contributed by atoms with Gasteiger partial charge >= 0.3 is 5.97 Å². The summed E-state index contributed by atoms with van der Waals surface area (Å²) in [5.74, 6) is 0.715. The largest absolute Gasteiger partial charge is 0.490 e. The summed E-state index contributed by atoms with van der Waals surface area (Å²) in [5.41, 5.74) is -0.595. The lowest BCUT2D eigenvalue weighted by Crippen LogP contribution is -2.57. The molecule has 2 rings (SSSR count). The van der Waals surface area contributed by atoms with Crippen LogP contribution in [0.15, 0.2) is 30.3 Å². The molecule has 0 spiro atoms. The van der Waals surface area contributed by atoms with E-state index in [1.54, 1.807) is 0 Å². The van der Waals surface area contributed by atoms with E-state index in [-0.39, 0.29) is 12.1 Å². The summed E-state index contributed by atoms with van der Waals surface area (Å²) in [7, 11) is 0. The first kappa shape index (κ1) is 15.8. The molecule has 2 atom stereocenters. The van der Waals surface area contributed by atoms with E-state index in [1.807, 2.05) is 44.2 Å². The molecule has 1 aliphatic rings. The standard InChI is InChI=1S/C17H25NO3/c1-3-18-17(16(19)20-4-2)12-8-11-15(13-17)21-14-9-6-5-7-10-14/h5-7,9-10,15,18H,3-4,8,11-13H2,1-2H3. The summed E-state index contributed by atoms with van der Waals surface area (Å²) in [6, 6.07) is 9.79. The first-order valence-electron chi connectivity index (χ1n) is 7.84. The van der Waals surface area contributed by atoms with Gasteiger partial charge in [0.2, 0.25) is 0 Å². The lowest BCUT2D eigenvalue weighted by atomic mass is 9.80. The first-order valence-corrected chi connectivity index (χ1v) is 7.84. The van der Waals surface area contributed by atoms with Crippen LogP contribution >= 0.6 is 0 Å². The highest BCUT2D eigenvalue weighted by Crippen LogP contribution is 2.32. The Balaban J connectivity index is 2.07. The molecule has 0 bridgehead atoms. The van der Waals surface area contributed by atoms with Crippen molar-refractivity contribution in [3.05, 3.63) is 30.3 Å². The molecule has 116 valence electrons. The number of benzene rings is 1. The summed E-state index contributed by atoms with van der Waals surface area (Å²) in [4.78, 5) is 12.4. The minimum Gasteiger partial charge on any atom is -0.490 e. The molecule has 0 aromatic heterocycles. The molecule has 0 heterocycles. The van der Waals surface area contributed by atoms with E-state index in [1.165, 1.54) is 0 Å². The number of esters is 1. The Hall–Kier alpha value is -1.55. The number of carbonyl (C=O) groups excluding carboxylic acids is 1. The van der Waals surface area contributed by atoms with Gasteiger partial charge in [0, 0.05) is 6.42 Å². The third kappa shape index (κ3) is 3.97. The van der Waals surface area contributed by atoms with Crippen LogP contribution in [0.3, 0.4) is 0 Å². The van der Waals surface area contributed by atoms with Crippen LogP contribution in [0, 0.1) is 0 Å². The topological polar surface area (TPSA) is 47.6 Å². The lowest BCUT2D eigenvalue weighted by molar-refractivity contribution is -0.154. The molecule has 4 nitrogen and oxygen atoms in total. The average molecular weight is 291 g/mol. The van der Waals surface area contributed by atoms with Crippen molar-refractivity contribution in [2.75, 3.05) is 13.2 Å². The molecule has 1 fully saturated rings. The van der Waals surface area contributed by atoms with Crippen LogP contribution in [0.5, 0.6) is 5.75 Å². The maximum absolute atomic E-state index is 12.4. The first-order chi connectivity index (χ1) is 10.2. The second-order valence-corrected chi connectivity index (χ2v) is 5.48. The molecule has 1 aliphatic carbocycles. The zero-order chi connectivity index (χ0) is 15.1. The number of para-hydroxylation sites is 1. The van der Waals surface area contributed by atoms with Crippen molar-refractivity contribution in [1.82, 2.24) is 5.32 Å². The smallest absolute Gasteiger partial charge is 0.326 e. The fourth-order valence-corrected chi connectivity index (χ4v) is 3.04. The summed E-state index contributed by atoms with van der Waals surface area (Å²) in [5, 5.41) is 3.34. The highest BCUT2D eigenvalue weighted by molar-refractivity contribution is 5.81. The van der Waals surface area contributed by atoms with E-state index in [0.29, 0.717) is 13.0 Å². The van der Waals surface area contributed by atoms with E-state index in [4.69, 9.17) is 9.47 Å². The average Bonchev–Trinajstić information content (AvgIpc) is 2.49. The van der Waals surface area contributed by atoms with Crippen molar-refractivity contribution in [1.29, 1.82) is 0 Å². The van der Waals surface area contributed by atoms with Crippen LogP contribution in [-0.4, -0.2) is 30.8 Å². The third-order valence-corrected chi connectivity index (χ3v) is 3.93. The summed E-state index contributed by atoms with van der Waals surface area (Å²) < 4.78 is 11.3.